The second-order valence-corrected chi connectivity index (χ2v) is 6.77. The van der Waals surface area contributed by atoms with Crippen LogP contribution in [0.25, 0.3) is 16.9 Å². The van der Waals surface area contributed by atoms with Gasteiger partial charge in [-0.2, -0.15) is 5.10 Å². The summed E-state index contributed by atoms with van der Waals surface area (Å²) in [4.78, 5) is 16.5. The van der Waals surface area contributed by atoms with E-state index in [1.54, 1.807) is 12.4 Å². The molecular formula is C21H24N4O2. The highest BCUT2D eigenvalue weighted by atomic mass is 16.3. The molecule has 3 rings (SSSR count). The predicted octanol–water partition coefficient (Wildman–Crippen LogP) is 2.82. The highest BCUT2D eigenvalue weighted by Gasteiger charge is 2.22. The number of rotatable bonds is 7. The molecule has 6 nitrogen and oxygen atoms in total. The first-order valence-corrected chi connectivity index (χ1v) is 9.03. The lowest BCUT2D eigenvalue weighted by molar-refractivity contribution is -0.127. The molecule has 0 fully saturated rings. The van der Waals surface area contributed by atoms with Crippen molar-refractivity contribution in [2.24, 2.45) is 11.8 Å². The molecule has 0 saturated carbocycles. The third kappa shape index (κ3) is 4.41. The minimum Gasteiger partial charge on any atom is -0.396 e. The van der Waals surface area contributed by atoms with Crippen molar-refractivity contribution in [3.8, 4) is 16.9 Å². The average molecular weight is 364 g/mol. The molecular weight excluding hydrogens is 340 g/mol. The van der Waals surface area contributed by atoms with Crippen molar-refractivity contribution >= 4 is 5.91 Å². The van der Waals surface area contributed by atoms with E-state index in [1.165, 1.54) is 0 Å². The van der Waals surface area contributed by atoms with Crippen molar-refractivity contribution in [1.82, 2.24) is 20.1 Å². The number of aliphatic hydroxyl groups is 1. The van der Waals surface area contributed by atoms with E-state index < -0.39 is 5.92 Å². The predicted molar refractivity (Wildman–Crippen MR) is 104 cm³/mol. The van der Waals surface area contributed by atoms with Gasteiger partial charge >= 0.3 is 0 Å². The van der Waals surface area contributed by atoms with Gasteiger partial charge in [0.15, 0.2) is 0 Å². The zero-order chi connectivity index (χ0) is 19.2. The summed E-state index contributed by atoms with van der Waals surface area (Å²) in [6.45, 7) is 4.03. The number of nitrogens with one attached hydrogen (secondary N) is 1. The molecule has 27 heavy (non-hydrogen) atoms. The van der Waals surface area contributed by atoms with Crippen molar-refractivity contribution in [3.63, 3.8) is 0 Å². The van der Waals surface area contributed by atoms with Gasteiger partial charge in [0.1, 0.15) is 0 Å². The van der Waals surface area contributed by atoms with E-state index in [4.69, 9.17) is 5.10 Å². The van der Waals surface area contributed by atoms with Gasteiger partial charge in [-0.15, -0.1) is 0 Å². The van der Waals surface area contributed by atoms with Gasteiger partial charge < -0.3 is 10.4 Å². The van der Waals surface area contributed by atoms with E-state index in [-0.39, 0.29) is 18.4 Å². The number of pyridine rings is 1. The van der Waals surface area contributed by atoms with Crippen LogP contribution in [0.2, 0.25) is 0 Å². The van der Waals surface area contributed by atoms with Crippen molar-refractivity contribution in [2.75, 3.05) is 6.61 Å². The zero-order valence-corrected chi connectivity index (χ0v) is 15.5. The summed E-state index contributed by atoms with van der Waals surface area (Å²) in [5.74, 6) is -0.499. The smallest absolute Gasteiger partial charge is 0.225 e. The molecule has 3 aromatic rings. The Balaban J connectivity index is 1.89. The molecule has 1 amide bonds. The largest absolute Gasteiger partial charge is 0.396 e. The summed E-state index contributed by atoms with van der Waals surface area (Å²) in [6.07, 6.45) is 5.37. The maximum atomic E-state index is 12.4. The Kier molecular flexibility index (Phi) is 5.98. The Bertz CT molecular complexity index is 876. The zero-order valence-electron chi connectivity index (χ0n) is 15.5. The van der Waals surface area contributed by atoms with Gasteiger partial charge in [0.2, 0.25) is 5.91 Å². The van der Waals surface area contributed by atoms with E-state index in [0.717, 1.165) is 22.5 Å². The van der Waals surface area contributed by atoms with Crippen LogP contribution in [0.15, 0.2) is 61.1 Å². The number of hydrogen-bond donors (Lipinski definition) is 2. The Morgan fingerprint density at radius 2 is 1.85 bits per heavy atom. The first-order chi connectivity index (χ1) is 13.1. The maximum Gasteiger partial charge on any atom is 0.225 e. The highest BCUT2D eigenvalue weighted by molar-refractivity contribution is 5.79. The van der Waals surface area contributed by atoms with Gasteiger partial charge in [0.25, 0.3) is 0 Å². The Labute approximate surface area is 158 Å². The average Bonchev–Trinajstić information content (AvgIpc) is 3.12. The molecule has 1 aromatic carbocycles. The van der Waals surface area contributed by atoms with Gasteiger partial charge in [-0.05, 0) is 30.2 Å². The first kappa shape index (κ1) is 18.8. The van der Waals surface area contributed by atoms with Crippen molar-refractivity contribution in [1.29, 1.82) is 0 Å². The lowest BCUT2D eigenvalue weighted by atomic mass is 9.96. The summed E-state index contributed by atoms with van der Waals surface area (Å²) < 4.78 is 1.81. The van der Waals surface area contributed by atoms with Crippen LogP contribution in [0, 0.1) is 11.8 Å². The quantitative estimate of drug-likeness (QED) is 0.676. The lowest BCUT2D eigenvalue weighted by Gasteiger charge is -2.17. The third-order valence-electron chi connectivity index (χ3n) is 4.56. The topological polar surface area (TPSA) is 80.0 Å². The van der Waals surface area contributed by atoms with Crippen LogP contribution >= 0.6 is 0 Å². The maximum absolute atomic E-state index is 12.4. The fraction of sp³-hybridized carbons (Fsp3) is 0.286. The Morgan fingerprint density at radius 3 is 2.48 bits per heavy atom. The molecule has 140 valence electrons. The molecule has 2 heterocycles. The van der Waals surface area contributed by atoms with Crippen molar-refractivity contribution < 1.29 is 9.90 Å². The fourth-order valence-electron chi connectivity index (χ4n) is 2.91. The lowest BCUT2D eigenvalue weighted by Crippen LogP contribution is -2.35. The molecule has 0 radical (unpaired) electrons. The summed E-state index contributed by atoms with van der Waals surface area (Å²) in [5.41, 5.74) is 3.58. The van der Waals surface area contributed by atoms with Gasteiger partial charge in [-0.3, -0.25) is 9.78 Å². The number of aromatic nitrogens is 3. The number of benzene rings is 1. The number of para-hydroxylation sites is 1. The second-order valence-electron chi connectivity index (χ2n) is 6.77. The summed E-state index contributed by atoms with van der Waals surface area (Å²) in [6, 6.07) is 13.6. The number of nitrogens with zero attached hydrogens (tertiary/aromatic N) is 3. The molecule has 0 saturated heterocycles. The second kappa shape index (κ2) is 8.60. The highest BCUT2D eigenvalue weighted by Crippen LogP contribution is 2.23. The molecule has 1 unspecified atom stereocenters. The minimum atomic E-state index is -0.418. The SMILES string of the molecule is CC(C)C(CO)C(=O)NCc1cn(-c2ccccc2)nc1-c1ccncc1. The summed E-state index contributed by atoms with van der Waals surface area (Å²) >= 11 is 0. The number of carbonyl (C=O) groups excluding carboxylic acids is 1. The first-order valence-electron chi connectivity index (χ1n) is 9.03. The molecule has 0 aliphatic heterocycles. The van der Waals surface area contributed by atoms with E-state index in [2.05, 4.69) is 10.3 Å². The van der Waals surface area contributed by atoms with E-state index in [9.17, 15) is 9.90 Å². The van der Waals surface area contributed by atoms with E-state index in [1.807, 2.05) is 67.2 Å². The van der Waals surface area contributed by atoms with Gasteiger partial charge in [-0.1, -0.05) is 32.0 Å². The van der Waals surface area contributed by atoms with Gasteiger partial charge in [0, 0.05) is 36.3 Å². The number of hydrogen-bond acceptors (Lipinski definition) is 4. The monoisotopic (exact) mass is 364 g/mol. The van der Waals surface area contributed by atoms with Gasteiger partial charge in [-0.25, -0.2) is 4.68 Å². The van der Waals surface area contributed by atoms with Gasteiger partial charge in [0.05, 0.1) is 23.9 Å². The third-order valence-corrected chi connectivity index (χ3v) is 4.56. The molecule has 0 bridgehead atoms. The summed E-state index contributed by atoms with van der Waals surface area (Å²) in [5, 5.41) is 17.1. The molecule has 1 atom stereocenters. The van der Waals surface area contributed by atoms with Crippen LogP contribution in [-0.2, 0) is 11.3 Å². The van der Waals surface area contributed by atoms with E-state index in [0.29, 0.717) is 6.54 Å². The standard InChI is InChI=1S/C21H24N4O2/c1-15(2)19(14-26)21(27)23-12-17-13-25(18-6-4-3-5-7-18)24-20(17)16-8-10-22-11-9-16/h3-11,13,15,19,26H,12,14H2,1-2H3,(H,23,27). The van der Waals surface area contributed by atoms with Crippen LogP contribution in [0.4, 0.5) is 0 Å². The Morgan fingerprint density at radius 1 is 1.15 bits per heavy atom. The fourth-order valence-corrected chi connectivity index (χ4v) is 2.91. The van der Waals surface area contributed by atoms with Crippen LogP contribution in [0.5, 0.6) is 0 Å². The van der Waals surface area contributed by atoms with Crippen LogP contribution in [0.1, 0.15) is 19.4 Å². The van der Waals surface area contributed by atoms with E-state index >= 15 is 0 Å². The molecule has 0 aliphatic carbocycles. The summed E-state index contributed by atoms with van der Waals surface area (Å²) in [7, 11) is 0. The van der Waals surface area contributed by atoms with Crippen LogP contribution in [0.3, 0.4) is 0 Å². The van der Waals surface area contributed by atoms with Crippen LogP contribution in [-0.4, -0.2) is 32.4 Å². The number of carbonyl (C=O) groups is 1. The molecule has 2 N–H and O–H groups in total. The normalized spacial score (nSPS) is 12.1. The molecule has 0 spiro atoms. The van der Waals surface area contributed by atoms with Crippen molar-refractivity contribution in [2.45, 2.75) is 20.4 Å². The number of amides is 1. The molecule has 2 aromatic heterocycles. The number of aliphatic hydroxyl groups excluding tert-OH is 1. The molecule has 0 aliphatic rings. The minimum absolute atomic E-state index is 0.0710. The van der Waals surface area contributed by atoms with Crippen molar-refractivity contribution in [3.05, 3.63) is 66.6 Å². The van der Waals surface area contributed by atoms with Crippen LogP contribution < -0.4 is 5.32 Å². The molecule has 6 heteroatoms. The Hall–Kier alpha value is -2.99.